The Hall–Kier alpha value is -2.58. The van der Waals surface area contributed by atoms with Crippen LogP contribution in [0.5, 0.6) is 0 Å². The number of rotatable bonds is 6. The van der Waals surface area contributed by atoms with Gasteiger partial charge in [-0.1, -0.05) is 26.8 Å². The first-order chi connectivity index (χ1) is 16.2. The lowest BCUT2D eigenvalue weighted by Gasteiger charge is -2.53. The normalized spacial score (nSPS) is 28.9. The lowest BCUT2D eigenvalue weighted by molar-refractivity contribution is -0.143. The summed E-state index contributed by atoms with van der Waals surface area (Å²) in [5, 5.41) is 15.1. The van der Waals surface area contributed by atoms with Crippen LogP contribution in [0.2, 0.25) is 0 Å². The molecule has 0 spiro atoms. The highest BCUT2D eigenvalue weighted by atomic mass is 32.1. The SMILES string of the molecule is C=CCN(C)C(=O)[C@@H](C)[C@H]1CC[C@]2(C)Cc3sc(NC(=O)c4ccncc4)nc3[C@H](C)[C@@H]2[C@H]1O. The number of fused-ring (bicyclic) bond motifs is 2. The zero-order valence-corrected chi connectivity index (χ0v) is 21.1. The Balaban J connectivity index is 1.55. The minimum Gasteiger partial charge on any atom is -0.392 e. The molecule has 1 fully saturated rings. The average molecular weight is 483 g/mol. The second-order valence-electron chi connectivity index (χ2n) is 10.2. The molecular weight excluding hydrogens is 448 g/mol. The largest absolute Gasteiger partial charge is 0.392 e. The van der Waals surface area contributed by atoms with Crippen molar-refractivity contribution in [3.63, 3.8) is 0 Å². The number of aromatic nitrogens is 2. The Kier molecular flexibility index (Phi) is 6.92. The van der Waals surface area contributed by atoms with Gasteiger partial charge in [-0.15, -0.1) is 17.9 Å². The van der Waals surface area contributed by atoms with Crippen molar-refractivity contribution < 1.29 is 14.7 Å². The molecule has 2 aliphatic carbocycles. The smallest absolute Gasteiger partial charge is 0.257 e. The predicted molar refractivity (Wildman–Crippen MR) is 134 cm³/mol. The van der Waals surface area contributed by atoms with Crippen molar-refractivity contribution >= 4 is 28.3 Å². The van der Waals surface area contributed by atoms with Crippen LogP contribution >= 0.6 is 11.3 Å². The molecule has 0 bridgehead atoms. The molecule has 2 amide bonds. The molecule has 2 aromatic heterocycles. The lowest BCUT2D eigenvalue weighted by Crippen LogP contribution is -2.53. The van der Waals surface area contributed by atoms with E-state index in [0.717, 1.165) is 25.0 Å². The van der Waals surface area contributed by atoms with Crippen molar-refractivity contribution in [2.75, 3.05) is 18.9 Å². The molecule has 2 aliphatic rings. The number of carbonyl (C=O) groups excluding carboxylic acids is 2. The standard InChI is InChI=1S/C26H34N4O3S/c1-6-13-30(5)24(33)15(2)18-7-10-26(4)14-19-21(16(3)20(26)22(18)31)28-25(34-19)29-23(32)17-8-11-27-12-9-17/h6,8-9,11-12,15-16,18,20,22,31H,1,7,10,13-14H2,2-5H3,(H,28,29,32)/t15-,16+,18+,20+,22-,26+/m0/s1. The van der Waals surface area contributed by atoms with Gasteiger partial charge in [0.05, 0.1) is 11.8 Å². The van der Waals surface area contributed by atoms with Gasteiger partial charge in [-0.25, -0.2) is 4.98 Å². The van der Waals surface area contributed by atoms with Crippen molar-refractivity contribution in [3.8, 4) is 0 Å². The van der Waals surface area contributed by atoms with Crippen LogP contribution < -0.4 is 5.32 Å². The highest BCUT2D eigenvalue weighted by molar-refractivity contribution is 7.15. The van der Waals surface area contributed by atoms with Gasteiger partial charge >= 0.3 is 0 Å². The van der Waals surface area contributed by atoms with Gasteiger partial charge in [0.2, 0.25) is 5.91 Å². The van der Waals surface area contributed by atoms with E-state index in [1.54, 1.807) is 42.6 Å². The minimum absolute atomic E-state index is 0.00422. The van der Waals surface area contributed by atoms with E-state index >= 15 is 0 Å². The maximum Gasteiger partial charge on any atom is 0.257 e. The van der Waals surface area contributed by atoms with E-state index in [-0.39, 0.29) is 40.9 Å². The summed E-state index contributed by atoms with van der Waals surface area (Å²) in [4.78, 5) is 37.1. The third kappa shape index (κ3) is 4.41. The number of pyridine rings is 1. The summed E-state index contributed by atoms with van der Waals surface area (Å²) in [7, 11) is 1.78. The number of anilines is 1. The van der Waals surface area contributed by atoms with Crippen LogP contribution in [0.15, 0.2) is 37.2 Å². The van der Waals surface area contributed by atoms with E-state index in [0.29, 0.717) is 17.2 Å². The molecular formula is C26H34N4O3S. The number of aliphatic hydroxyl groups is 1. The highest BCUT2D eigenvalue weighted by Crippen LogP contribution is 2.57. The Morgan fingerprint density at radius 3 is 2.79 bits per heavy atom. The van der Waals surface area contributed by atoms with Gasteiger partial charge in [-0.3, -0.25) is 19.9 Å². The Bertz CT molecular complexity index is 1070. The number of nitrogens with zero attached hydrogens (tertiary/aromatic N) is 3. The molecule has 34 heavy (non-hydrogen) atoms. The lowest BCUT2D eigenvalue weighted by atomic mass is 9.53. The van der Waals surface area contributed by atoms with Gasteiger partial charge in [0.1, 0.15) is 0 Å². The number of carbonyl (C=O) groups is 2. The maximum atomic E-state index is 12.9. The van der Waals surface area contributed by atoms with Crippen molar-refractivity contribution in [2.24, 2.45) is 23.2 Å². The number of aliphatic hydroxyl groups excluding tert-OH is 1. The summed E-state index contributed by atoms with van der Waals surface area (Å²) in [6, 6.07) is 3.35. The van der Waals surface area contributed by atoms with Gasteiger partial charge < -0.3 is 10.0 Å². The molecule has 182 valence electrons. The van der Waals surface area contributed by atoms with Gasteiger partial charge in [0, 0.05) is 48.3 Å². The van der Waals surface area contributed by atoms with Crippen LogP contribution in [-0.4, -0.2) is 51.5 Å². The zero-order chi connectivity index (χ0) is 24.6. The number of amides is 2. The number of likely N-dealkylation sites (N-methyl/N-ethyl adjacent to an activating group) is 1. The Morgan fingerprint density at radius 1 is 1.41 bits per heavy atom. The summed E-state index contributed by atoms with van der Waals surface area (Å²) < 4.78 is 0. The molecule has 6 atom stereocenters. The van der Waals surface area contributed by atoms with E-state index in [1.807, 2.05) is 6.92 Å². The molecule has 7 nitrogen and oxygen atoms in total. The quantitative estimate of drug-likeness (QED) is 0.604. The number of hydrogen-bond acceptors (Lipinski definition) is 6. The van der Waals surface area contributed by atoms with E-state index in [2.05, 4.69) is 30.7 Å². The third-order valence-corrected chi connectivity index (χ3v) is 8.88. The van der Waals surface area contributed by atoms with Crippen molar-refractivity contribution in [3.05, 3.63) is 53.3 Å². The number of thiazole rings is 1. The fourth-order valence-electron chi connectivity index (χ4n) is 6.09. The third-order valence-electron chi connectivity index (χ3n) is 7.90. The minimum atomic E-state index is -0.588. The van der Waals surface area contributed by atoms with Gasteiger partial charge in [0.15, 0.2) is 5.13 Å². The molecule has 8 heteroatoms. The summed E-state index contributed by atoms with van der Waals surface area (Å²) >= 11 is 1.53. The van der Waals surface area contributed by atoms with Gasteiger partial charge in [-0.05, 0) is 48.6 Å². The molecule has 2 aromatic rings. The number of nitrogens with one attached hydrogen (secondary N) is 1. The molecule has 2 N–H and O–H groups in total. The van der Waals surface area contributed by atoms with Crippen LogP contribution in [0, 0.1) is 23.2 Å². The van der Waals surface area contributed by atoms with Crippen LogP contribution in [0.4, 0.5) is 5.13 Å². The first-order valence-electron chi connectivity index (χ1n) is 11.9. The molecule has 0 radical (unpaired) electrons. The van der Waals surface area contributed by atoms with E-state index in [1.165, 1.54) is 16.2 Å². The van der Waals surface area contributed by atoms with Gasteiger partial charge in [-0.2, -0.15) is 0 Å². The summed E-state index contributed by atoms with van der Waals surface area (Å²) in [5.41, 5.74) is 1.42. The Labute approximate surface area is 205 Å². The van der Waals surface area contributed by atoms with E-state index < -0.39 is 6.10 Å². The summed E-state index contributed by atoms with van der Waals surface area (Å²) in [6.45, 7) is 10.5. The fourth-order valence-corrected chi connectivity index (χ4v) is 7.35. The summed E-state index contributed by atoms with van der Waals surface area (Å²) in [5.74, 6) is -0.477. The second-order valence-corrected chi connectivity index (χ2v) is 11.2. The monoisotopic (exact) mass is 482 g/mol. The molecule has 2 heterocycles. The first kappa shape index (κ1) is 24.5. The number of hydrogen-bond donors (Lipinski definition) is 2. The van der Waals surface area contributed by atoms with Crippen molar-refractivity contribution in [1.82, 2.24) is 14.9 Å². The molecule has 0 aromatic carbocycles. The topological polar surface area (TPSA) is 95.4 Å². The van der Waals surface area contributed by atoms with E-state index in [9.17, 15) is 14.7 Å². The molecule has 0 aliphatic heterocycles. The van der Waals surface area contributed by atoms with Crippen molar-refractivity contribution in [1.29, 1.82) is 0 Å². The molecule has 1 saturated carbocycles. The highest BCUT2D eigenvalue weighted by Gasteiger charge is 2.54. The fraction of sp³-hybridized carbons (Fsp3) is 0.538. The predicted octanol–water partition coefficient (Wildman–Crippen LogP) is 4.12. The van der Waals surface area contributed by atoms with Crippen molar-refractivity contribution in [2.45, 2.75) is 52.1 Å². The molecule has 0 unspecified atom stereocenters. The maximum absolute atomic E-state index is 12.9. The average Bonchev–Trinajstić information content (AvgIpc) is 3.20. The summed E-state index contributed by atoms with van der Waals surface area (Å²) in [6.07, 6.45) is 6.90. The van der Waals surface area contributed by atoms with Gasteiger partial charge in [0.25, 0.3) is 5.91 Å². The van der Waals surface area contributed by atoms with Crippen LogP contribution in [0.25, 0.3) is 0 Å². The second kappa shape index (κ2) is 9.58. The van der Waals surface area contributed by atoms with E-state index in [4.69, 9.17) is 4.98 Å². The van der Waals surface area contributed by atoms with Crippen LogP contribution in [0.1, 0.15) is 60.5 Å². The Morgan fingerprint density at radius 2 is 2.12 bits per heavy atom. The molecule has 0 saturated heterocycles. The first-order valence-corrected chi connectivity index (χ1v) is 12.7. The molecule has 4 rings (SSSR count). The van der Waals surface area contributed by atoms with Crippen LogP contribution in [-0.2, 0) is 11.2 Å². The zero-order valence-electron chi connectivity index (χ0n) is 20.3. The van der Waals surface area contributed by atoms with Crippen LogP contribution in [0.3, 0.4) is 0 Å².